The van der Waals surface area contributed by atoms with Crippen molar-refractivity contribution in [2.75, 3.05) is 0 Å². The number of carbonyl (C=O) groups is 6. The number of hydrogen-bond acceptors (Lipinski definition) is 6. The van der Waals surface area contributed by atoms with Crippen LogP contribution in [0.25, 0.3) is 0 Å². The topological polar surface area (TPSA) is 224 Å². The van der Waals surface area contributed by atoms with Crippen LogP contribution >= 0.6 is 0 Å². The van der Waals surface area contributed by atoms with E-state index < -0.39 is 35.8 Å². The molecular weight excluding hydrogens is 336 g/mol. The summed E-state index contributed by atoms with van der Waals surface area (Å²) < 4.78 is 0. The van der Waals surface area contributed by atoms with Crippen LogP contribution in [-0.4, -0.2) is 66.5 Å². The molecule has 0 aromatic heterocycles. The van der Waals surface area contributed by atoms with Crippen molar-refractivity contribution in [1.82, 2.24) is 0 Å². The monoisotopic (exact) mass is 350 g/mol. The molecule has 0 unspecified atom stereocenters. The molecule has 0 atom stereocenters. The van der Waals surface area contributed by atoms with Crippen LogP contribution in [0, 0.1) is 0 Å². The zero-order valence-electron chi connectivity index (χ0n) is 11.9. The zero-order chi connectivity index (χ0) is 19.7. The lowest BCUT2D eigenvalue weighted by Crippen LogP contribution is -2.00. The summed E-state index contributed by atoms with van der Waals surface area (Å²) in [5.74, 6) is -7.18. The molecule has 0 heterocycles. The van der Waals surface area contributed by atoms with Gasteiger partial charge in [-0.3, -0.25) is 9.59 Å². The molecule has 24 heavy (non-hydrogen) atoms. The molecule has 134 valence electrons. The molecule has 12 nitrogen and oxygen atoms in total. The van der Waals surface area contributed by atoms with Crippen molar-refractivity contribution < 1.29 is 59.4 Å². The van der Waals surface area contributed by atoms with E-state index in [4.69, 9.17) is 30.6 Å². The molecule has 0 aliphatic carbocycles. The van der Waals surface area contributed by atoms with E-state index in [1.54, 1.807) is 0 Å². The Morgan fingerprint density at radius 1 is 0.458 bits per heavy atom. The van der Waals surface area contributed by atoms with Crippen molar-refractivity contribution >= 4 is 35.8 Å². The molecule has 0 bridgehead atoms. The summed E-state index contributed by atoms with van der Waals surface area (Å²) in [5.41, 5.74) is 0. The van der Waals surface area contributed by atoms with Gasteiger partial charge in [0, 0.05) is 24.3 Å². The van der Waals surface area contributed by atoms with Crippen LogP contribution in [0.3, 0.4) is 0 Å². The molecule has 0 saturated heterocycles. The summed E-state index contributed by atoms with van der Waals surface area (Å²) in [6.45, 7) is 0. The standard InChI is InChI=1S/C4H6O4.2C4H4O4/c3*5-3(6)1-2-4(7)8/h1-2H2,(H,5,6)(H,7,8);2*1-2H,(H,5,6)(H,7,8). The minimum absolute atomic E-state index is 0.296. The first-order valence-corrected chi connectivity index (χ1v) is 5.59. The van der Waals surface area contributed by atoms with Crippen LogP contribution in [0.1, 0.15) is 12.8 Å². The van der Waals surface area contributed by atoms with Crippen LogP contribution in [0.15, 0.2) is 24.3 Å². The lowest BCUT2D eigenvalue weighted by molar-refractivity contribution is -0.143. The molecule has 0 radical (unpaired) electrons. The summed E-state index contributed by atoms with van der Waals surface area (Å²) in [5, 5.41) is 47.0. The van der Waals surface area contributed by atoms with Gasteiger partial charge >= 0.3 is 35.8 Å². The van der Waals surface area contributed by atoms with Gasteiger partial charge in [-0.05, 0) is 0 Å². The van der Waals surface area contributed by atoms with Crippen molar-refractivity contribution in [2.24, 2.45) is 0 Å². The van der Waals surface area contributed by atoms with Gasteiger partial charge in [0.05, 0.1) is 12.8 Å². The molecule has 0 amide bonds. The summed E-state index contributed by atoms with van der Waals surface area (Å²) in [4.78, 5) is 57.5. The van der Waals surface area contributed by atoms with Crippen LogP contribution in [-0.2, 0) is 28.8 Å². The second kappa shape index (κ2) is 15.7. The molecule has 6 N–H and O–H groups in total. The largest absolute Gasteiger partial charge is 0.481 e. The molecule has 0 aromatic carbocycles. The van der Waals surface area contributed by atoms with E-state index in [0.717, 1.165) is 0 Å². The predicted molar refractivity (Wildman–Crippen MR) is 73.3 cm³/mol. The van der Waals surface area contributed by atoms with Gasteiger partial charge < -0.3 is 30.6 Å². The number of carboxylic acids is 6. The minimum atomic E-state index is -1.26. The van der Waals surface area contributed by atoms with Crippen molar-refractivity contribution in [3.63, 3.8) is 0 Å². The highest BCUT2D eigenvalue weighted by Gasteiger charge is 2.00. The first-order chi connectivity index (χ1) is 10.9. The van der Waals surface area contributed by atoms with E-state index in [2.05, 4.69) is 0 Å². The van der Waals surface area contributed by atoms with Crippen molar-refractivity contribution in [3.8, 4) is 0 Å². The molecule has 0 aromatic rings. The van der Waals surface area contributed by atoms with E-state index in [0.29, 0.717) is 24.3 Å². The summed E-state index contributed by atoms with van der Waals surface area (Å²) in [7, 11) is 0. The van der Waals surface area contributed by atoms with Gasteiger partial charge in [0.15, 0.2) is 0 Å². The van der Waals surface area contributed by atoms with Crippen molar-refractivity contribution in [2.45, 2.75) is 12.8 Å². The molecule has 0 spiro atoms. The molecule has 0 rings (SSSR count). The first kappa shape index (κ1) is 25.3. The second-order valence-corrected chi connectivity index (χ2v) is 3.31. The van der Waals surface area contributed by atoms with Gasteiger partial charge in [0.25, 0.3) is 0 Å². The lowest BCUT2D eigenvalue weighted by Gasteiger charge is -1.85. The maximum absolute atomic E-state index is 9.64. The number of carboxylic acid groups (broad SMARTS) is 6. The summed E-state index contributed by atoms with van der Waals surface area (Å²) in [6.07, 6.45) is 1.64. The van der Waals surface area contributed by atoms with Gasteiger partial charge in [0.1, 0.15) is 0 Å². The summed E-state index contributed by atoms with van der Waals surface area (Å²) in [6, 6.07) is 0. The third-order valence-corrected chi connectivity index (χ3v) is 1.29. The van der Waals surface area contributed by atoms with E-state index in [-0.39, 0.29) is 12.8 Å². The van der Waals surface area contributed by atoms with Gasteiger partial charge in [-0.15, -0.1) is 0 Å². The van der Waals surface area contributed by atoms with Crippen LogP contribution in [0.4, 0.5) is 0 Å². The highest BCUT2D eigenvalue weighted by molar-refractivity contribution is 5.90. The van der Waals surface area contributed by atoms with E-state index in [1.165, 1.54) is 0 Å². The molecule has 0 aliphatic rings. The van der Waals surface area contributed by atoms with Gasteiger partial charge in [0.2, 0.25) is 0 Å². The highest BCUT2D eigenvalue weighted by atomic mass is 16.4. The van der Waals surface area contributed by atoms with Crippen molar-refractivity contribution in [3.05, 3.63) is 24.3 Å². The SMILES string of the molecule is O=C(O)C=CC(=O)O.O=C(O)C=CC(=O)O.O=C(O)CCC(=O)O. The van der Waals surface area contributed by atoms with Crippen LogP contribution < -0.4 is 0 Å². The molecular formula is C12H14O12. The van der Waals surface area contributed by atoms with Gasteiger partial charge in [-0.1, -0.05) is 0 Å². The van der Waals surface area contributed by atoms with E-state index in [9.17, 15) is 28.8 Å². The van der Waals surface area contributed by atoms with Crippen molar-refractivity contribution in [1.29, 1.82) is 0 Å². The highest BCUT2D eigenvalue weighted by Crippen LogP contribution is 1.86. The Morgan fingerprint density at radius 3 is 0.708 bits per heavy atom. The van der Waals surface area contributed by atoms with Gasteiger partial charge in [-0.25, -0.2) is 19.2 Å². The normalized spacial score (nSPS) is 9.17. The second-order valence-electron chi connectivity index (χ2n) is 3.31. The average molecular weight is 350 g/mol. The Labute approximate surface area is 133 Å². The number of aliphatic carboxylic acids is 6. The van der Waals surface area contributed by atoms with Crippen LogP contribution in [0.5, 0.6) is 0 Å². The van der Waals surface area contributed by atoms with Crippen LogP contribution in [0.2, 0.25) is 0 Å². The summed E-state index contributed by atoms with van der Waals surface area (Å²) >= 11 is 0. The lowest BCUT2D eigenvalue weighted by atomic mass is 10.3. The molecule has 0 saturated carbocycles. The quantitative estimate of drug-likeness (QED) is 0.315. The zero-order valence-corrected chi connectivity index (χ0v) is 11.9. The Kier molecular flexibility index (Phi) is 16.5. The Morgan fingerprint density at radius 2 is 0.625 bits per heavy atom. The fourth-order valence-corrected chi connectivity index (χ4v) is 0.499. The maximum Gasteiger partial charge on any atom is 0.328 e. The average Bonchev–Trinajstić information content (AvgIpc) is 2.42. The van der Waals surface area contributed by atoms with Gasteiger partial charge in [-0.2, -0.15) is 0 Å². The molecule has 0 aliphatic heterocycles. The molecule has 0 fully saturated rings. The minimum Gasteiger partial charge on any atom is -0.481 e. The fourth-order valence-electron chi connectivity index (χ4n) is 0.499. The third-order valence-electron chi connectivity index (χ3n) is 1.29. The predicted octanol–water partition coefficient (Wildman–Crippen LogP) is -0.641. The molecule has 12 heteroatoms. The first-order valence-electron chi connectivity index (χ1n) is 5.59. The Balaban J connectivity index is -0.000000276. The Bertz CT molecular complexity index is 448. The van der Waals surface area contributed by atoms with E-state index >= 15 is 0 Å². The maximum atomic E-state index is 9.64. The fraction of sp³-hybridized carbons (Fsp3) is 0.167. The number of rotatable bonds is 7. The third kappa shape index (κ3) is 42.9. The number of hydrogen-bond donors (Lipinski definition) is 6. The smallest absolute Gasteiger partial charge is 0.328 e. The van der Waals surface area contributed by atoms with E-state index in [1.807, 2.05) is 0 Å². The Hall–Kier alpha value is -3.70.